The molecular weight excluding hydrogens is 468 g/mol. The first-order valence-electron chi connectivity index (χ1n) is 12.7. The molecule has 0 radical (unpaired) electrons. The fraction of sp³-hybridized carbons (Fsp3) is 0.231. The molecule has 6 aromatic carbocycles. The predicted molar refractivity (Wildman–Crippen MR) is 180 cm³/mol. The second-order valence-electron chi connectivity index (χ2n) is 9.74. The van der Waals surface area contributed by atoms with E-state index >= 15 is 0 Å². The summed E-state index contributed by atoms with van der Waals surface area (Å²) in [6, 6.07) is 38.7. The zero-order valence-electron chi connectivity index (χ0n) is 22.4. The van der Waals surface area contributed by atoms with Crippen molar-refractivity contribution in [2.45, 2.75) is 63.8 Å². The maximum absolute atomic E-state index is 2.21. The van der Waals surface area contributed by atoms with Crippen molar-refractivity contribution >= 4 is 32.3 Å². The van der Waals surface area contributed by atoms with Crippen LogP contribution >= 0.6 is 0 Å². The van der Waals surface area contributed by atoms with E-state index in [-0.39, 0.29) is 22.3 Å². The fourth-order valence-corrected chi connectivity index (χ4v) is 4.80. The first kappa shape index (κ1) is 33.1. The van der Waals surface area contributed by atoms with Crippen LogP contribution in [0, 0.1) is 41.5 Å². The van der Waals surface area contributed by atoms with Gasteiger partial charge in [-0.05, 0) is 96.1 Å². The van der Waals surface area contributed by atoms with Gasteiger partial charge < -0.3 is 0 Å². The number of hydrogen-bond acceptors (Lipinski definition) is 0. The SMILES string of the molecule is C.C.C.Cc1c2ccccc2c(C)c2ccccc12.Cc1ccc(C)c2ccccc12.Cc1ccc(C)cc1. The summed E-state index contributed by atoms with van der Waals surface area (Å²) >= 11 is 0. The number of rotatable bonds is 0. The van der Waals surface area contributed by atoms with Crippen molar-refractivity contribution in [2.24, 2.45) is 0 Å². The molecule has 0 nitrogen and oxygen atoms in total. The van der Waals surface area contributed by atoms with Crippen molar-refractivity contribution < 1.29 is 0 Å². The lowest BCUT2D eigenvalue weighted by Gasteiger charge is -2.11. The molecule has 0 N–H and O–H groups in total. The summed E-state index contributed by atoms with van der Waals surface area (Å²) in [5, 5.41) is 8.24. The average molecular weight is 517 g/mol. The third-order valence-corrected chi connectivity index (χ3v) is 7.05. The first-order valence-corrected chi connectivity index (χ1v) is 12.7. The molecule has 204 valence electrons. The molecule has 0 heterocycles. The standard InChI is InChI=1S/C16H14.C12H12.C8H10.3CH4/c1-11-13-7-3-5-9-15(13)12(2)16-10-6-4-8-14(11)16;1-9-7-8-10(2)12-6-4-3-5-11(9)12;1-7-3-5-8(2)6-4-7;;;/h3-10H,1-2H3;3-8H,1-2H3;3-6H,1-2H3;3*1H4. The number of aryl methyl sites for hydroxylation is 6. The molecule has 0 heteroatoms. The van der Waals surface area contributed by atoms with Gasteiger partial charge in [0.25, 0.3) is 0 Å². The molecule has 0 saturated heterocycles. The Morgan fingerprint density at radius 2 is 0.513 bits per heavy atom. The normalized spacial score (nSPS) is 9.69. The molecule has 6 rings (SSSR count). The highest BCUT2D eigenvalue weighted by molar-refractivity contribution is 6.05. The lowest BCUT2D eigenvalue weighted by Crippen LogP contribution is -1.87. The van der Waals surface area contributed by atoms with E-state index in [9.17, 15) is 0 Å². The maximum Gasteiger partial charge on any atom is -0.0146 e. The zero-order chi connectivity index (χ0) is 25.7. The van der Waals surface area contributed by atoms with Gasteiger partial charge in [-0.15, -0.1) is 0 Å². The van der Waals surface area contributed by atoms with Crippen molar-refractivity contribution in [1.82, 2.24) is 0 Å². The summed E-state index contributed by atoms with van der Waals surface area (Å²) < 4.78 is 0. The lowest BCUT2D eigenvalue weighted by atomic mass is 9.93. The van der Waals surface area contributed by atoms with Gasteiger partial charge in [-0.25, -0.2) is 0 Å². The molecule has 0 aliphatic rings. The quantitative estimate of drug-likeness (QED) is 0.176. The van der Waals surface area contributed by atoms with E-state index in [1.165, 1.54) is 65.7 Å². The van der Waals surface area contributed by atoms with Gasteiger partial charge in [0.15, 0.2) is 0 Å². The fourth-order valence-electron chi connectivity index (χ4n) is 4.80. The van der Waals surface area contributed by atoms with Gasteiger partial charge >= 0.3 is 0 Å². The van der Waals surface area contributed by atoms with E-state index in [0.717, 1.165) is 0 Å². The molecule has 0 unspecified atom stereocenters. The molecular formula is C39H48. The summed E-state index contributed by atoms with van der Waals surface area (Å²) in [7, 11) is 0. The van der Waals surface area contributed by atoms with E-state index in [1.54, 1.807) is 0 Å². The highest BCUT2D eigenvalue weighted by Crippen LogP contribution is 2.31. The molecule has 0 aliphatic heterocycles. The predicted octanol–water partition coefficient (Wildman–Crippen LogP) is 12.3. The van der Waals surface area contributed by atoms with Crippen LogP contribution in [0.3, 0.4) is 0 Å². The van der Waals surface area contributed by atoms with Crippen LogP contribution in [0.5, 0.6) is 0 Å². The van der Waals surface area contributed by atoms with Gasteiger partial charge in [0, 0.05) is 0 Å². The molecule has 39 heavy (non-hydrogen) atoms. The smallest absolute Gasteiger partial charge is 0.0146 e. The second-order valence-corrected chi connectivity index (χ2v) is 9.74. The number of benzene rings is 6. The van der Waals surface area contributed by atoms with Gasteiger partial charge in [-0.3, -0.25) is 0 Å². The van der Waals surface area contributed by atoms with Crippen molar-refractivity contribution in [1.29, 1.82) is 0 Å². The highest BCUT2D eigenvalue weighted by Gasteiger charge is 2.06. The van der Waals surface area contributed by atoms with Crippen molar-refractivity contribution in [3.05, 3.63) is 143 Å². The van der Waals surface area contributed by atoms with Crippen LogP contribution in [0.1, 0.15) is 55.7 Å². The summed E-state index contributed by atoms with van der Waals surface area (Å²) in [5.74, 6) is 0. The molecule has 0 saturated carbocycles. The lowest BCUT2D eigenvalue weighted by molar-refractivity contribution is 1.40. The first-order chi connectivity index (χ1) is 17.4. The Bertz CT molecular complexity index is 1440. The molecule has 0 fully saturated rings. The van der Waals surface area contributed by atoms with Crippen LogP contribution in [0.25, 0.3) is 32.3 Å². The largest absolute Gasteiger partial charge is 0.0776 e. The Morgan fingerprint density at radius 1 is 0.282 bits per heavy atom. The molecule has 0 aromatic heterocycles. The third kappa shape index (κ3) is 7.58. The number of hydrogen-bond donors (Lipinski definition) is 0. The van der Waals surface area contributed by atoms with Crippen LogP contribution in [0.2, 0.25) is 0 Å². The molecule has 6 aromatic rings. The molecule has 0 bridgehead atoms. The monoisotopic (exact) mass is 516 g/mol. The molecule has 0 spiro atoms. The van der Waals surface area contributed by atoms with E-state index in [2.05, 4.69) is 151 Å². The van der Waals surface area contributed by atoms with Gasteiger partial charge in [0.2, 0.25) is 0 Å². The Hall–Kier alpha value is -3.90. The van der Waals surface area contributed by atoms with Crippen molar-refractivity contribution in [3.8, 4) is 0 Å². The summed E-state index contributed by atoms with van der Waals surface area (Å²) in [6.07, 6.45) is 0. The van der Waals surface area contributed by atoms with E-state index in [4.69, 9.17) is 0 Å². The molecule has 0 atom stereocenters. The molecule has 0 aliphatic carbocycles. The minimum atomic E-state index is 0. The summed E-state index contributed by atoms with van der Waals surface area (Å²) in [5.41, 5.74) is 8.15. The zero-order valence-corrected chi connectivity index (χ0v) is 22.4. The summed E-state index contributed by atoms with van der Waals surface area (Å²) in [6.45, 7) is 12.9. The second kappa shape index (κ2) is 14.9. The Balaban J connectivity index is 0.000000297. The van der Waals surface area contributed by atoms with Gasteiger partial charge in [0.1, 0.15) is 0 Å². The summed E-state index contributed by atoms with van der Waals surface area (Å²) in [4.78, 5) is 0. The van der Waals surface area contributed by atoms with Gasteiger partial charge in [0.05, 0.1) is 0 Å². The average Bonchev–Trinajstić information content (AvgIpc) is 2.92. The van der Waals surface area contributed by atoms with E-state index in [0.29, 0.717) is 0 Å². The topological polar surface area (TPSA) is 0 Å². The maximum atomic E-state index is 2.21. The van der Waals surface area contributed by atoms with E-state index in [1.807, 2.05) is 0 Å². The van der Waals surface area contributed by atoms with Crippen molar-refractivity contribution in [3.63, 3.8) is 0 Å². The Labute approximate surface area is 238 Å². The Morgan fingerprint density at radius 3 is 0.769 bits per heavy atom. The minimum Gasteiger partial charge on any atom is -0.0776 e. The minimum absolute atomic E-state index is 0. The molecule has 0 amide bonds. The van der Waals surface area contributed by atoms with Gasteiger partial charge in [-0.1, -0.05) is 143 Å². The Kier molecular flexibility index (Phi) is 12.6. The highest BCUT2D eigenvalue weighted by atomic mass is 14.1. The van der Waals surface area contributed by atoms with E-state index < -0.39 is 0 Å². The van der Waals surface area contributed by atoms with Crippen LogP contribution < -0.4 is 0 Å². The van der Waals surface area contributed by atoms with Crippen LogP contribution in [-0.4, -0.2) is 0 Å². The van der Waals surface area contributed by atoms with Crippen LogP contribution in [-0.2, 0) is 0 Å². The van der Waals surface area contributed by atoms with Gasteiger partial charge in [-0.2, -0.15) is 0 Å². The van der Waals surface area contributed by atoms with Crippen LogP contribution in [0.15, 0.2) is 109 Å². The third-order valence-electron chi connectivity index (χ3n) is 7.05. The van der Waals surface area contributed by atoms with Crippen LogP contribution in [0.4, 0.5) is 0 Å². The van der Waals surface area contributed by atoms with Crippen molar-refractivity contribution in [2.75, 3.05) is 0 Å². The number of fused-ring (bicyclic) bond motifs is 3.